The molecule has 1 aromatic carbocycles. The first-order valence-corrected chi connectivity index (χ1v) is 7.82. The maximum atomic E-state index is 13.6. The van der Waals surface area contributed by atoms with Crippen LogP contribution in [-0.2, 0) is 16.2 Å². The Balaban J connectivity index is 1.66. The topological polar surface area (TPSA) is 68.5 Å². The minimum absolute atomic E-state index is 0.350. The maximum absolute atomic E-state index is 13.6. The smallest absolute Gasteiger partial charge is 0.268 e. The van der Waals surface area contributed by atoms with Crippen LogP contribution in [0, 0.1) is 19.7 Å². The van der Waals surface area contributed by atoms with Crippen LogP contribution in [0.15, 0.2) is 29.6 Å². The first-order chi connectivity index (χ1) is 11.5. The molecule has 0 unspecified atom stereocenters. The van der Waals surface area contributed by atoms with E-state index in [1.54, 1.807) is 19.1 Å². The number of rotatable bonds is 4. The highest BCUT2D eigenvalue weighted by molar-refractivity contribution is 6.06. The van der Waals surface area contributed by atoms with Crippen LogP contribution in [0.3, 0.4) is 0 Å². The van der Waals surface area contributed by atoms with Crippen molar-refractivity contribution in [2.24, 2.45) is 5.16 Å². The normalized spacial score (nSPS) is 16.7. The van der Waals surface area contributed by atoms with E-state index in [9.17, 15) is 9.18 Å². The number of carbonyl (C=O) groups is 1. The van der Waals surface area contributed by atoms with Crippen LogP contribution in [0.4, 0.5) is 10.1 Å². The summed E-state index contributed by atoms with van der Waals surface area (Å²) in [4.78, 5) is 17.5. The fourth-order valence-corrected chi connectivity index (χ4v) is 2.53. The monoisotopic (exact) mass is 330 g/mol. The van der Waals surface area contributed by atoms with E-state index < -0.39 is 6.10 Å². The van der Waals surface area contributed by atoms with Crippen LogP contribution in [0.1, 0.15) is 30.2 Å². The van der Waals surface area contributed by atoms with Crippen molar-refractivity contribution in [2.45, 2.75) is 39.8 Å². The molecule has 1 N–H and O–H groups in total. The highest BCUT2D eigenvalue weighted by atomic mass is 19.1. The Bertz CT molecular complexity index is 813. The average Bonchev–Trinajstić information content (AvgIpc) is 3.17. The minimum atomic E-state index is -0.728. The van der Waals surface area contributed by atoms with E-state index in [0.29, 0.717) is 23.4 Å². The molecule has 1 atom stereocenters. The molecule has 1 amide bonds. The molecule has 0 bridgehead atoms. The highest BCUT2D eigenvalue weighted by Crippen LogP contribution is 2.21. The Kier molecular flexibility index (Phi) is 4.33. The standard InChI is InChI=1S/C17H19FN4O2/c1-4-22-9-13(11(3)20-22)15-8-16(24-21-15)17(23)19-12-6-5-10(2)14(18)7-12/h5-7,9,16H,4,8H2,1-3H3,(H,19,23)/t16-/m1/s1. The summed E-state index contributed by atoms with van der Waals surface area (Å²) in [6.45, 7) is 6.32. The van der Waals surface area contributed by atoms with E-state index in [0.717, 1.165) is 17.8 Å². The second-order valence-electron chi connectivity index (χ2n) is 5.77. The second kappa shape index (κ2) is 6.43. The van der Waals surface area contributed by atoms with Gasteiger partial charge in [0.2, 0.25) is 6.10 Å². The summed E-state index contributed by atoms with van der Waals surface area (Å²) < 4.78 is 15.4. The van der Waals surface area contributed by atoms with Gasteiger partial charge in [0, 0.05) is 30.4 Å². The van der Waals surface area contributed by atoms with E-state index in [-0.39, 0.29) is 11.7 Å². The van der Waals surface area contributed by atoms with Crippen LogP contribution >= 0.6 is 0 Å². The van der Waals surface area contributed by atoms with Gasteiger partial charge in [-0.15, -0.1) is 0 Å². The first-order valence-electron chi connectivity index (χ1n) is 7.82. The van der Waals surface area contributed by atoms with E-state index in [1.165, 1.54) is 6.07 Å². The molecule has 0 radical (unpaired) electrons. The Hall–Kier alpha value is -2.70. The van der Waals surface area contributed by atoms with Crippen molar-refractivity contribution in [2.75, 3.05) is 5.32 Å². The number of benzene rings is 1. The molecule has 3 rings (SSSR count). The Labute approximate surface area is 139 Å². The summed E-state index contributed by atoms with van der Waals surface area (Å²) in [7, 11) is 0. The van der Waals surface area contributed by atoms with E-state index >= 15 is 0 Å². The molecule has 1 aliphatic heterocycles. The second-order valence-corrected chi connectivity index (χ2v) is 5.77. The number of halogens is 1. The predicted molar refractivity (Wildman–Crippen MR) is 88.4 cm³/mol. The Morgan fingerprint density at radius 3 is 2.92 bits per heavy atom. The Morgan fingerprint density at radius 2 is 2.25 bits per heavy atom. The fraction of sp³-hybridized carbons (Fsp3) is 0.353. The van der Waals surface area contributed by atoms with Crippen molar-refractivity contribution >= 4 is 17.3 Å². The SMILES string of the molecule is CCn1cc(C2=NO[C@@H](C(=O)Nc3ccc(C)c(F)c3)C2)c(C)n1. The van der Waals surface area contributed by atoms with Gasteiger partial charge in [0.1, 0.15) is 5.82 Å². The Morgan fingerprint density at radius 1 is 1.46 bits per heavy atom. The molecule has 0 spiro atoms. The van der Waals surface area contributed by atoms with Crippen molar-refractivity contribution in [3.8, 4) is 0 Å². The molecule has 0 saturated heterocycles. The zero-order valence-corrected chi connectivity index (χ0v) is 13.8. The summed E-state index contributed by atoms with van der Waals surface area (Å²) in [5.74, 6) is -0.711. The number of anilines is 1. The number of hydrogen-bond donors (Lipinski definition) is 1. The zero-order chi connectivity index (χ0) is 17.3. The summed E-state index contributed by atoms with van der Waals surface area (Å²) in [5.41, 5.74) is 3.35. The number of aromatic nitrogens is 2. The van der Waals surface area contributed by atoms with Gasteiger partial charge in [-0.3, -0.25) is 9.48 Å². The van der Waals surface area contributed by atoms with Gasteiger partial charge in [-0.1, -0.05) is 11.2 Å². The molecule has 0 saturated carbocycles. The number of oxime groups is 1. The van der Waals surface area contributed by atoms with Gasteiger partial charge in [0.25, 0.3) is 5.91 Å². The van der Waals surface area contributed by atoms with E-state index in [2.05, 4.69) is 15.6 Å². The van der Waals surface area contributed by atoms with E-state index in [1.807, 2.05) is 24.7 Å². The maximum Gasteiger partial charge on any atom is 0.268 e. The molecule has 126 valence electrons. The van der Waals surface area contributed by atoms with Gasteiger partial charge < -0.3 is 10.2 Å². The van der Waals surface area contributed by atoms with Crippen molar-refractivity contribution in [3.63, 3.8) is 0 Å². The summed E-state index contributed by atoms with van der Waals surface area (Å²) in [6, 6.07) is 4.56. The molecule has 1 aliphatic rings. The summed E-state index contributed by atoms with van der Waals surface area (Å²) in [5, 5.41) is 11.0. The molecule has 6 nitrogen and oxygen atoms in total. The summed E-state index contributed by atoms with van der Waals surface area (Å²) in [6.07, 6.45) is 1.53. The van der Waals surface area contributed by atoms with Crippen molar-refractivity contribution in [3.05, 3.63) is 47.0 Å². The fourth-order valence-electron chi connectivity index (χ4n) is 2.53. The van der Waals surface area contributed by atoms with Crippen LogP contribution in [-0.4, -0.2) is 27.5 Å². The number of nitrogens with zero attached hydrogens (tertiary/aromatic N) is 3. The van der Waals surface area contributed by atoms with Gasteiger partial charge in [-0.25, -0.2) is 4.39 Å². The average molecular weight is 330 g/mol. The lowest BCUT2D eigenvalue weighted by Gasteiger charge is -2.10. The molecule has 7 heteroatoms. The molecule has 0 aliphatic carbocycles. The lowest BCUT2D eigenvalue weighted by atomic mass is 10.1. The third-order valence-electron chi connectivity index (χ3n) is 3.98. The summed E-state index contributed by atoms with van der Waals surface area (Å²) >= 11 is 0. The van der Waals surface area contributed by atoms with Gasteiger partial charge in [0.15, 0.2) is 0 Å². The van der Waals surface area contributed by atoms with Crippen LogP contribution in [0.5, 0.6) is 0 Å². The van der Waals surface area contributed by atoms with Crippen LogP contribution < -0.4 is 5.32 Å². The first kappa shape index (κ1) is 16.2. The van der Waals surface area contributed by atoms with Crippen LogP contribution in [0.2, 0.25) is 0 Å². The molecule has 2 aromatic rings. The number of nitrogens with one attached hydrogen (secondary N) is 1. The molecule has 2 heterocycles. The van der Waals surface area contributed by atoms with Gasteiger partial charge >= 0.3 is 0 Å². The molecule has 24 heavy (non-hydrogen) atoms. The van der Waals surface area contributed by atoms with Crippen molar-refractivity contribution in [1.29, 1.82) is 0 Å². The van der Waals surface area contributed by atoms with Gasteiger partial charge in [0.05, 0.1) is 11.4 Å². The van der Waals surface area contributed by atoms with Crippen molar-refractivity contribution in [1.82, 2.24) is 9.78 Å². The van der Waals surface area contributed by atoms with Crippen molar-refractivity contribution < 1.29 is 14.0 Å². The highest BCUT2D eigenvalue weighted by Gasteiger charge is 2.30. The van der Waals surface area contributed by atoms with Crippen LogP contribution in [0.25, 0.3) is 0 Å². The lowest BCUT2D eigenvalue weighted by molar-refractivity contribution is -0.125. The third-order valence-corrected chi connectivity index (χ3v) is 3.98. The quantitative estimate of drug-likeness (QED) is 0.937. The number of hydrogen-bond acceptors (Lipinski definition) is 4. The van der Waals surface area contributed by atoms with Gasteiger partial charge in [-0.05, 0) is 38.5 Å². The number of carbonyl (C=O) groups excluding carboxylic acids is 1. The third kappa shape index (κ3) is 3.15. The van der Waals surface area contributed by atoms with E-state index in [4.69, 9.17) is 4.84 Å². The predicted octanol–water partition coefficient (Wildman–Crippen LogP) is 2.79. The zero-order valence-electron chi connectivity index (χ0n) is 13.8. The lowest BCUT2D eigenvalue weighted by Crippen LogP contribution is -2.28. The van der Waals surface area contributed by atoms with Gasteiger partial charge in [-0.2, -0.15) is 5.10 Å². The number of aryl methyl sites for hydroxylation is 3. The largest absolute Gasteiger partial charge is 0.382 e. The number of amides is 1. The minimum Gasteiger partial charge on any atom is -0.382 e. The molecular formula is C17H19FN4O2. The molecule has 0 fully saturated rings. The molecular weight excluding hydrogens is 311 g/mol. The molecule has 1 aromatic heterocycles.